The lowest BCUT2D eigenvalue weighted by Gasteiger charge is -2.37. The minimum Gasteiger partial charge on any atom is -0.298 e. The second-order valence-corrected chi connectivity index (χ2v) is 6.99. The van der Waals surface area contributed by atoms with E-state index >= 15 is 0 Å². The predicted molar refractivity (Wildman–Crippen MR) is 93.4 cm³/mol. The molecule has 1 saturated heterocycles. The maximum Gasteiger partial charge on any atom is 0.143 e. The van der Waals surface area contributed by atoms with Gasteiger partial charge in [0.25, 0.3) is 0 Å². The Labute approximate surface area is 138 Å². The number of hydrogen-bond donors (Lipinski definition) is 0. The SMILES string of the molecule is Cc1nc(CN2CCN(C3CCCC3)CC2)nc2ccccc12. The second-order valence-electron chi connectivity index (χ2n) is 6.99. The number of hydrogen-bond acceptors (Lipinski definition) is 4. The molecule has 4 rings (SSSR count). The van der Waals surface area contributed by atoms with E-state index in [0.717, 1.165) is 42.7 Å². The number of para-hydroxylation sites is 1. The van der Waals surface area contributed by atoms with Crippen molar-refractivity contribution in [1.82, 2.24) is 19.8 Å². The summed E-state index contributed by atoms with van der Waals surface area (Å²) < 4.78 is 0. The van der Waals surface area contributed by atoms with Crippen LogP contribution in [0.3, 0.4) is 0 Å². The van der Waals surface area contributed by atoms with Crippen LogP contribution in [0, 0.1) is 6.92 Å². The van der Waals surface area contributed by atoms with Crippen molar-refractivity contribution >= 4 is 10.9 Å². The van der Waals surface area contributed by atoms with E-state index in [2.05, 4.69) is 41.0 Å². The molecular formula is C19H26N4. The molecule has 0 radical (unpaired) electrons. The van der Waals surface area contributed by atoms with E-state index in [4.69, 9.17) is 9.97 Å². The number of aromatic nitrogens is 2. The first kappa shape index (κ1) is 15.0. The van der Waals surface area contributed by atoms with Gasteiger partial charge in [0.15, 0.2) is 0 Å². The van der Waals surface area contributed by atoms with Gasteiger partial charge in [0.1, 0.15) is 5.82 Å². The van der Waals surface area contributed by atoms with E-state index in [1.54, 1.807) is 0 Å². The fraction of sp³-hybridized carbons (Fsp3) is 0.579. The Bertz CT molecular complexity index is 670. The third kappa shape index (κ3) is 3.24. The van der Waals surface area contributed by atoms with Gasteiger partial charge in [0, 0.05) is 43.3 Å². The summed E-state index contributed by atoms with van der Waals surface area (Å²) in [5, 5.41) is 1.17. The third-order valence-electron chi connectivity index (χ3n) is 5.45. The van der Waals surface area contributed by atoms with Crippen LogP contribution in [0.25, 0.3) is 10.9 Å². The molecule has 1 aliphatic heterocycles. The lowest BCUT2D eigenvalue weighted by molar-refractivity contribution is 0.0922. The van der Waals surface area contributed by atoms with E-state index in [0.29, 0.717) is 0 Å². The molecule has 0 bridgehead atoms. The standard InChI is InChI=1S/C19H26N4/c1-15-17-8-4-5-9-18(17)21-19(20-15)14-22-10-12-23(13-11-22)16-6-2-3-7-16/h4-5,8-9,16H,2-3,6-7,10-14H2,1H3. The topological polar surface area (TPSA) is 32.3 Å². The predicted octanol–water partition coefficient (Wildman–Crippen LogP) is 3.00. The number of piperazine rings is 1. The van der Waals surface area contributed by atoms with Crippen molar-refractivity contribution in [3.05, 3.63) is 35.8 Å². The highest BCUT2D eigenvalue weighted by Crippen LogP contribution is 2.24. The summed E-state index contributed by atoms with van der Waals surface area (Å²) in [6.45, 7) is 7.67. The van der Waals surface area contributed by atoms with Crippen LogP contribution in [-0.2, 0) is 6.54 Å². The van der Waals surface area contributed by atoms with Gasteiger partial charge in [-0.15, -0.1) is 0 Å². The molecule has 1 saturated carbocycles. The summed E-state index contributed by atoms with van der Waals surface area (Å²) in [4.78, 5) is 14.7. The molecule has 4 nitrogen and oxygen atoms in total. The summed E-state index contributed by atoms with van der Waals surface area (Å²) in [6.07, 6.45) is 5.67. The molecule has 4 heteroatoms. The molecule has 0 spiro atoms. The number of fused-ring (bicyclic) bond motifs is 1. The van der Waals surface area contributed by atoms with Crippen LogP contribution in [-0.4, -0.2) is 52.0 Å². The Hall–Kier alpha value is -1.52. The molecule has 2 aliphatic rings. The van der Waals surface area contributed by atoms with Crippen molar-refractivity contribution < 1.29 is 0 Å². The van der Waals surface area contributed by atoms with E-state index in [-0.39, 0.29) is 0 Å². The van der Waals surface area contributed by atoms with Gasteiger partial charge in [-0.25, -0.2) is 9.97 Å². The van der Waals surface area contributed by atoms with Gasteiger partial charge in [-0.1, -0.05) is 31.0 Å². The molecule has 2 aromatic rings. The largest absolute Gasteiger partial charge is 0.298 e. The van der Waals surface area contributed by atoms with Crippen molar-refractivity contribution in [3.8, 4) is 0 Å². The van der Waals surface area contributed by atoms with Crippen LogP contribution in [0.2, 0.25) is 0 Å². The van der Waals surface area contributed by atoms with E-state index in [1.807, 2.05) is 0 Å². The molecule has 0 unspecified atom stereocenters. The van der Waals surface area contributed by atoms with Crippen molar-refractivity contribution in [2.75, 3.05) is 26.2 Å². The fourth-order valence-electron chi connectivity index (χ4n) is 4.12. The van der Waals surface area contributed by atoms with Gasteiger partial charge in [-0.2, -0.15) is 0 Å². The number of aryl methyl sites for hydroxylation is 1. The maximum atomic E-state index is 4.76. The summed E-state index contributed by atoms with van der Waals surface area (Å²) in [5.74, 6) is 0.968. The maximum absolute atomic E-state index is 4.76. The summed E-state index contributed by atoms with van der Waals surface area (Å²) in [5.41, 5.74) is 2.16. The summed E-state index contributed by atoms with van der Waals surface area (Å²) in [7, 11) is 0. The lowest BCUT2D eigenvalue weighted by Crippen LogP contribution is -2.49. The summed E-state index contributed by atoms with van der Waals surface area (Å²) >= 11 is 0. The number of benzene rings is 1. The van der Waals surface area contributed by atoms with E-state index in [1.165, 1.54) is 44.2 Å². The Morgan fingerprint density at radius 1 is 1.00 bits per heavy atom. The molecule has 2 fully saturated rings. The Balaban J connectivity index is 1.41. The number of nitrogens with zero attached hydrogens (tertiary/aromatic N) is 4. The van der Waals surface area contributed by atoms with E-state index in [9.17, 15) is 0 Å². The highest BCUT2D eigenvalue weighted by molar-refractivity contribution is 5.80. The minimum atomic E-state index is 0.858. The molecular weight excluding hydrogens is 284 g/mol. The molecule has 2 heterocycles. The first-order valence-corrected chi connectivity index (χ1v) is 8.98. The highest BCUT2D eigenvalue weighted by atomic mass is 15.3. The average Bonchev–Trinajstić information content (AvgIpc) is 3.10. The van der Waals surface area contributed by atoms with Gasteiger partial charge in [-0.05, 0) is 25.8 Å². The first-order valence-electron chi connectivity index (χ1n) is 8.98. The van der Waals surface area contributed by atoms with Gasteiger partial charge in [0.05, 0.1) is 12.1 Å². The van der Waals surface area contributed by atoms with Gasteiger partial charge in [0.2, 0.25) is 0 Å². The highest BCUT2D eigenvalue weighted by Gasteiger charge is 2.26. The molecule has 0 amide bonds. The van der Waals surface area contributed by atoms with Crippen LogP contribution in [0.15, 0.2) is 24.3 Å². The zero-order valence-electron chi connectivity index (χ0n) is 14.0. The van der Waals surface area contributed by atoms with Gasteiger partial charge < -0.3 is 0 Å². The van der Waals surface area contributed by atoms with Gasteiger partial charge in [-0.3, -0.25) is 9.80 Å². The smallest absolute Gasteiger partial charge is 0.143 e. The van der Waals surface area contributed by atoms with Crippen LogP contribution >= 0.6 is 0 Å². The molecule has 1 aromatic carbocycles. The van der Waals surface area contributed by atoms with Crippen molar-refractivity contribution in [2.45, 2.75) is 45.2 Å². The van der Waals surface area contributed by atoms with Crippen molar-refractivity contribution in [3.63, 3.8) is 0 Å². The Kier molecular flexibility index (Phi) is 4.27. The first-order chi connectivity index (χ1) is 11.3. The van der Waals surface area contributed by atoms with E-state index < -0.39 is 0 Å². The van der Waals surface area contributed by atoms with Crippen molar-refractivity contribution in [2.24, 2.45) is 0 Å². The van der Waals surface area contributed by atoms with Crippen LogP contribution in [0.5, 0.6) is 0 Å². The van der Waals surface area contributed by atoms with Crippen LogP contribution in [0.4, 0.5) is 0 Å². The zero-order chi connectivity index (χ0) is 15.6. The molecule has 23 heavy (non-hydrogen) atoms. The number of rotatable bonds is 3. The molecule has 1 aliphatic carbocycles. The Morgan fingerprint density at radius 3 is 2.52 bits per heavy atom. The lowest BCUT2D eigenvalue weighted by atomic mass is 10.1. The van der Waals surface area contributed by atoms with Crippen LogP contribution in [0.1, 0.15) is 37.2 Å². The normalized spacial score (nSPS) is 21.3. The average molecular weight is 310 g/mol. The quantitative estimate of drug-likeness (QED) is 0.872. The van der Waals surface area contributed by atoms with Gasteiger partial charge >= 0.3 is 0 Å². The monoisotopic (exact) mass is 310 g/mol. The zero-order valence-corrected chi connectivity index (χ0v) is 14.0. The molecule has 1 aromatic heterocycles. The molecule has 0 N–H and O–H groups in total. The molecule has 122 valence electrons. The van der Waals surface area contributed by atoms with Crippen LogP contribution < -0.4 is 0 Å². The molecule has 0 atom stereocenters. The second kappa shape index (κ2) is 6.54. The Morgan fingerprint density at radius 2 is 1.74 bits per heavy atom. The van der Waals surface area contributed by atoms with Crippen molar-refractivity contribution in [1.29, 1.82) is 0 Å². The minimum absolute atomic E-state index is 0.858. The summed E-state index contributed by atoms with van der Waals surface area (Å²) in [6, 6.07) is 9.16. The third-order valence-corrected chi connectivity index (χ3v) is 5.45. The fourth-order valence-corrected chi connectivity index (χ4v) is 4.12.